The molecule has 1 aromatic carbocycles. The molecule has 2 bridgehead atoms. The summed E-state index contributed by atoms with van der Waals surface area (Å²) < 4.78 is 27.5. The van der Waals surface area contributed by atoms with Crippen molar-refractivity contribution in [3.05, 3.63) is 35.4 Å². The highest BCUT2D eigenvalue weighted by Gasteiger charge is 2.54. The van der Waals surface area contributed by atoms with Crippen LogP contribution in [-0.4, -0.2) is 59.4 Å². The molecule has 0 spiro atoms. The molecule has 3 atom stereocenters. The molecular formula is C18H22F2N2OS. The highest BCUT2D eigenvalue weighted by molar-refractivity contribution is 7.99. The van der Waals surface area contributed by atoms with Crippen LogP contribution >= 0.6 is 11.8 Å². The van der Waals surface area contributed by atoms with Crippen LogP contribution in [0.15, 0.2) is 18.2 Å². The molecular weight excluding hydrogens is 330 g/mol. The number of benzene rings is 1. The van der Waals surface area contributed by atoms with Crippen LogP contribution in [0.1, 0.15) is 24.3 Å². The summed E-state index contributed by atoms with van der Waals surface area (Å²) in [7, 11) is 0. The van der Waals surface area contributed by atoms with Gasteiger partial charge in [-0.1, -0.05) is 0 Å². The molecule has 3 nitrogen and oxygen atoms in total. The summed E-state index contributed by atoms with van der Waals surface area (Å²) in [5.74, 6) is 0.0759. The summed E-state index contributed by atoms with van der Waals surface area (Å²) >= 11 is 1.53. The summed E-state index contributed by atoms with van der Waals surface area (Å²) in [6.07, 6.45) is 4.17. The Kier molecular flexibility index (Phi) is 4.29. The van der Waals surface area contributed by atoms with Gasteiger partial charge in [-0.2, -0.15) is 11.8 Å². The Balaban J connectivity index is 1.71. The van der Waals surface area contributed by atoms with Gasteiger partial charge in [-0.15, -0.1) is 0 Å². The summed E-state index contributed by atoms with van der Waals surface area (Å²) in [6.45, 7) is 2.64. The van der Waals surface area contributed by atoms with E-state index in [0.717, 1.165) is 32.0 Å². The predicted octanol–water partition coefficient (Wildman–Crippen LogP) is 2.72. The van der Waals surface area contributed by atoms with Crippen LogP contribution in [0.4, 0.5) is 8.78 Å². The molecule has 0 saturated carbocycles. The van der Waals surface area contributed by atoms with Crippen molar-refractivity contribution in [2.45, 2.75) is 30.8 Å². The molecule has 6 heteroatoms. The molecule has 130 valence electrons. The largest absolute Gasteiger partial charge is 0.336 e. The minimum Gasteiger partial charge on any atom is -0.336 e. The molecule has 5 rings (SSSR count). The van der Waals surface area contributed by atoms with Crippen LogP contribution in [0.25, 0.3) is 0 Å². The van der Waals surface area contributed by atoms with Gasteiger partial charge in [-0.3, -0.25) is 9.69 Å². The lowest BCUT2D eigenvalue weighted by Crippen LogP contribution is -2.60. The molecule has 0 aliphatic carbocycles. The second kappa shape index (κ2) is 6.30. The fraction of sp³-hybridized carbons (Fsp3) is 0.611. The Bertz CT molecular complexity index is 628. The Morgan fingerprint density at radius 2 is 1.83 bits per heavy atom. The van der Waals surface area contributed by atoms with Crippen molar-refractivity contribution in [3.8, 4) is 0 Å². The first-order valence-corrected chi connectivity index (χ1v) is 9.96. The Labute approximate surface area is 145 Å². The van der Waals surface area contributed by atoms with Crippen LogP contribution in [0, 0.1) is 17.6 Å². The number of carbonyl (C=O) groups is 1. The topological polar surface area (TPSA) is 23.6 Å². The maximum absolute atomic E-state index is 13.7. The third-order valence-corrected chi connectivity index (χ3v) is 6.43. The van der Waals surface area contributed by atoms with Gasteiger partial charge in [0.2, 0.25) is 5.91 Å². The Morgan fingerprint density at radius 3 is 2.46 bits per heavy atom. The van der Waals surface area contributed by atoms with Gasteiger partial charge >= 0.3 is 0 Å². The minimum atomic E-state index is -0.536. The first-order valence-electron chi connectivity index (χ1n) is 8.57. The summed E-state index contributed by atoms with van der Waals surface area (Å²) in [5, 5.41) is 0. The summed E-state index contributed by atoms with van der Waals surface area (Å²) in [4.78, 5) is 17.1. The van der Waals surface area contributed by atoms with Crippen molar-refractivity contribution in [3.63, 3.8) is 0 Å². The molecule has 24 heavy (non-hydrogen) atoms. The smallest absolute Gasteiger partial charge is 0.232 e. The molecule has 4 fully saturated rings. The van der Waals surface area contributed by atoms with E-state index >= 15 is 0 Å². The van der Waals surface area contributed by atoms with E-state index in [-0.39, 0.29) is 23.9 Å². The zero-order valence-electron chi connectivity index (χ0n) is 13.8. The molecule has 0 radical (unpaired) electrons. The van der Waals surface area contributed by atoms with Gasteiger partial charge in [0.1, 0.15) is 11.6 Å². The van der Waals surface area contributed by atoms with Gasteiger partial charge < -0.3 is 4.90 Å². The van der Waals surface area contributed by atoms with Gasteiger partial charge in [0.15, 0.2) is 0 Å². The molecule has 1 amide bonds. The maximum Gasteiger partial charge on any atom is 0.232 e. The first-order chi connectivity index (χ1) is 11.6. The summed E-state index contributed by atoms with van der Waals surface area (Å²) in [6, 6.07) is 4.20. The van der Waals surface area contributed by atoms with Crippen molar-refractivity contribution >= 4 is 17.7 Å². The highest BCUT2D eigenvalue weighted by atomic mass is 32.2. The number of thioether (sulfide) groups is 1. The number of piperidine rings is 3. The minimum absolute atomic E-state index is 0.00546. The normalized spacial score (nSPS) is 34.5. The molecule has 0 aromatic heterocycles. The van der Waals surface area contributed by atoms with E-state index in [1.807, 2.05) is 11.2 Å². The van der Waals surface area contributed by atoms with Gasteiger partial charge in [0, 0.05) is 24.6 Å². The van der Waals surface area contributed by atoms with E-state index in [1.54, 1.807) is 0 Å². The standard InChI is InChI=1S/C18H22F2N2OS/c1-24-10-16(23)22-9-15(12-6-13(19)8-14(20)7-12)18-17(22)11-2-4-21(18)5-3-11/h6-8,11,15,17-18H,2-5,9-10H2,1H3/t15-,17+,18+/m0/s1. The third-order valence-electron chi connectivity index (χ3n) is 5.90. The monoisotopic (exact) mass is 352 g/mol. The maximum atomic E-state index is 13.7. The lowest BCUT2D eigenvalue weighted by Gasteiger charge is -2.51. The average Bonchev–Trinajstić information content (AvgIpc) is 2.98. The number of hydrogen-bond acceptors (Lipinski definition) is 3. The van der Waals surface area contributed by atoms with Crippen LogP contribution in [0.2, 0.25) is 0 Å². The Hall–Kier alpha value is -1.14. The second-order valence-electron chi connectivity index (χ2n) is 7.14. The molecule has 0 unspecified atom stereocenters. The van der Waals surface area contributed by atoms with E-state index in [0.29, 0.717) is 23.8 Å². The average molecular weight is 352 g/mol. The zero-order chi connectivity index (χ0) is 16.8. The van der Waals surface area contributed by atoms with Crippen molar-refractivity contribution in [1.29, 1.82) is 0 Å². The SMILES string of the molecule is CSCC(=O)N1C[C@@H](c2cc(F)cc(F)c2)[C@@H]2[C@H]1C1CCN2CC1. The van der Waals surface area contributed by atoms with Crippen molar-refractivity contribution in [2.24, 2.45) is 5.92 Å². The first kappa shape index (κ1) is 16.3. The predicted molar refractivity (Wildman–Crippen MR) is 91.1 cm³/mol. The molecule has 4 heterocycles. The molecule has 0 N–H and O–H groups in total. The highest BCUT2D eigenvalue weighted by Crippen LogP contribution is 2.46. The number of nitrogens with zero attached hydrogens (tertiary/aromatic N) is 2. The van der Waals surface area contributed by atoms with Gasteiger partial charge in [0.05, 0.1) is 11.8 Å². The zero-order valence-corrected chi connectivity index (χ0v) is 14.6. The number of carbonyl (C=O) groups excluding carboxylic acids is 1. The Morgan fingerprint density at radius 1 is 1.17 bits per heavy atom. The third kappa shape index (κ3) is 2.64. The number of hydrogen-bond donors (Lipinski definition) is 0. The number of amides is 1. The lowest BCUT2D eigenvalue weighted by molar-refractivity contribution is -0.133. The van der Waals surface area contributed by atoms with Crippen LogP contribution in [-0.2, 0) is 4.79 Å². The number of halogens is 2. The molecule has 4 aliphatic heterocycles. The fourth-order valence-corrected chi connectivity index (χ4v) is 5.41. The van der Waals surface area contributed by atoms with E-state index < -0.39 is 11.6 Å². The van der Waals surface area contributed by atoms with Gasteiger partial charge in [0.25, 0.3) is 0 Å². The van der Waals surface area contributed by atoms with Crippen molar-refractivity contribution < 1.29 is 13.6 Å². The van der Waals surface area contributed by atoms with Crippen molar-refractivity contribution in [1.82, 2.24) is 9.80 Å². The lowest BCUT2D eigenvalue weighted by atomic mass is 9.75. The fourth-order valence-electron chi connectivity index (χ4n) is 4.99. The van der Waals surface area contributed by atoms with Crippen LogP contribution < -0.4 is 0 Å². The van der Waals surface area contributed by atoms with E-state index in [2.05, 4.69) is 4.90 Å². The molecule has 1 aromatic rings. The quantitative estimate of drug-likeness (QED) is 0.836. The van der Waals surface area contributed by atoms with E-state index in [1.165, 1.54) is 23.9 Å². The van der Waals surface area contributed by atoms with Crippen LogP contribution in [0.5, 0.6) is 0 Å². The van der Waals surface area contributed by atoms with E-state index in [9.17, 15) is 13.6 Å². The molecule has 4 aliphatic rings. The van der Waals surface area contributed by atoms with Gasteiger partial charge in [-0.05, 0) is 55.8 Å². The number of fused-ring (bicyclic) bond motifs is 2. The summed E-state index contributed by atoms with van der Waals surface area (Å²) in [5.41, 5.74) is 0.689. The number of likely N-dealkylation sites (tertiary alicyclic amines) is 1. The van der Waals surface area contributed by atoms with E-state index in [4.69, 9.17) is 0 Å². The van der Waals surface area contributed by atoms with Gasteiger partial charge in [-0.25, -0.2) is 8.78 Å². The molecule has 4 saturated heterocycles. The van der Waals surface area contributed by atoms with Crippen LogP contribution in [0.3, 0.4) is 0 Å². The second-order valence-corrected chi connectivity index (χ2v) is 8.01. The number of rotatable bonds is 3. The van der Waals surface area contributed by atoms with Crippen molar-refractivity contribution in [2.75, 3.05) is 31.6 Å².